The predicted molar refractivity (Wildman–Crippen MR) is 78.9 cm³/mol. The lowest BCUT2D eigenvalue weighted by Crippen LogP contribution is -2.29. The van der Waals surface area contributed by atoms with Crippen LogP contribution in [-0.4, -0.2) is 19.8 Å². The third kappa shape index (κ3) is 2.88. The van der Waals surface area contributed by atoms with Crippen LogP contribution in [-0.2, 0) is 10.0 Å². The Labute approximate surface area is 118 Å². The molecule has 0 amide bonds. The molecular weight excluding hydrogens is 278 g/mol. The van der Waals surface area contributed by atoms with E-state index in [1.54, 1.807) is 30.5 Å². The van der Waals surface area contributed by atoms with Crippen LogP contribution in [0.4, 0.5) is 0 Å². The second kappa shape index (κ2) is 5.45. The summed E-state index contributed by atoms with van der Waals surface area (Å²) in [5.41, 5.74) is 1.05. The number of rotatable bonds is 4. The fourth-order valence-corrected chi connectivity index (χ4v) is 4.03. The van der Waals surface area contributed by atoms with Crippen LogP contribution < -0.4 is 0 Å². The molecule has 1 aromatic heterocycles. The van der Waals surface area contributed by atoms with Crippen LogP contribution in [0, 0.1) is 6.92 Å². The standard InChI is InChI=1S/C14H17NO2S2/c1-11-6-8-13(9-7-11)19(16,17)15(3)12(2)14-5-4-10-18-14/h4-10,12H,1-3H3. The molecule has 1 atom stereocenters. The van der Waals surface area contributed by atoms with Crippen LogP contribution in [0.5, 0.6) is 0 Å². The monoisotopic (exact) mass is 295 g/mol. The molecule has 0 aliphatic carbocycles. The van der Waals surface area contributed by atoms with Gasteiger partial charge in [0.1, 0.15) is 0 Å². The van der Waals surface area contributed by atoms with Crippen molar-refractivity contribution in [1.29, 1.82) is 0 Å². The maximum Gasteiger partial charge on any atom is 0.243 e. The molecule has 5 heteroatoms. The highest BCUT2D eigenvalue weighted by atomic mass is 32.2. The molecule has 0 saturated heterocycles. The molecule has 0 aliphatic rings. The maximum atomic E-state index is 12.5. The number of nitrogens with zero attached hydrogens (tertiary/aromatic N) is 1. The molecule has 1 unspecified atom stereocenters. The van der Waals surface area contributed by atoms with Crippen molar-refractivity contribution in [1.82, 2.24) is 4.31 Å². The third-order valence-corrected chi connectivity index (χ3v) is 6.18. The average molecular weight is 295 g/mol. The summed E-state index contributed by atoms with van der Waals surface area (Å²) >= 11 is 1.57. The fourth-order valence-electron chi connectivity index (χ4n) is 1.79. The Hall–Kier alpha value is -1.17. The van der Waals surface area contributed by atoms with Crippen molar-refractivity contribution in [3.05, 3.63) is 52.2 Å². The quantitative estimate of drug-likeness (QED) is 0.866. The van der Waals surface area contributed by atoms with Gasteiger partial charge < -0.3 is 0 Å². The number of aryl methyl sites for hydroxylation is 1. The van der Waals surface area contributed by atoms with Crippen molar-refractivity contribution in [3.63, 3.8) is 0 Å². The highest BCUT2D eigenvalue weighted by molar-refractivity contribution is 7.89. The van der Waals surface area contributed by atoms with Crippen molar-refractivity contribution in [2.75, 3.05) is 7.05 Å². The van der Waals surface area contributed by atoms with E-state index in [1.807, 2.05) is 43.5 Å². The van der Waals surface area contributed by atoms with Gasteiger partial charge in [0.15, 0.2) is 0 Å². The molecule has 3 nitrogen and oxygen atoms in total. The maximum absolute atomic E-state index is 12.5. The van der Waals surface area contributed by atoms with Gasteiger partial charge in [-0.05, 0) is 37.4 Å². The lowest BCUT2D eigenvalue weighted by atomic mass is 10.2. The van der Waals surface area contributed by atoms with E-state index in [4.69, 9.17) is 0 Å². The van der Waals surface area contributed by atoms with Crippen LogP contribution >= 0.6 is 11.3 Å². The molecule has 0 spiro atoms. The van der Waals surface area contributed by atoms with Gasteiger partial charge in [-0.1, -0.05) is 23.8 Å². The van der Waals surface area contributed by atoms with Crippen molar-refractivity contribution >= 4 is 21.4 Å². The van der Waals surface area contributed by atoms with Crippen LogP contribution in [0.25, 0.3) is 0 Å². The first-order chi connectivity index (χ1) is 8.93. The van der Waals surface area contributed by atoms with Gasteiger partial charge in [0, 0.05) is 11.9 Å². The summed E-state index contributed by atoms with van der Waals surface area (Å²) < 4.78 is 26.4. The minimum absolute atomic E-state index is 0.161. The van der Waals surface area contributed by atoms with Gasteiger partial charge in [0.25, 0.3) is 0 Å². The number of thiophene rings is 1. The van der Waals surface area contributed by atoms with E-state index >= 15 is 0 Å². The van der Waals surface area contributed by atoms with Crippen LogP contribution in [0.15, 0.2) is 46.7 Å². The van der Waals surface area contributed by atoms with E-state index in [0.29, 0.717) is 4.90 Å². The summed E-state index contributed by atoms with van der Waals surface area (Å²) in [5.74, 6) is 0. The Morgan fingerprint density at radius 2 is 1.79 bits per heavy atom. The zero-order valence-electron chi connectivity index (χ0n) is 11.2. The average Bonchev–Trinajstić information content (AvgIpc) is 2.91. The summed E-state index contributed by atoms with van der Waals surface area (Å²) in [7, 11) is -1.82. The van der Waals surface area contributed by atoms with E-state index < -0.39 is 10.0 Å². The molecule has 1 heterocycles. The Balaban J connectivity index is 2.31. The van der Waals surface area contributed by atoms with Crippen molar-refractivity contribution in [2.24, 2.45) is 0 Å². The first kappa shape index (κ1) is 14.2. The van der Waals surface area contributed by atoms with E-state index in [-0.39, 0.29) is 6.04 Å². The molecule has 1 aromatic carbocycles. The first-order valence-corrected chi connectivity index (χ1v) is 8.33. The van der Waals surface area contributed by atoms with Gasteiger partial charge in [0.2, 0.25) is 10.0 Å². The Morgan fingerprint density at radius 1 is 1.16 bits per heavy atom. The Kier molecular flexibility index (Phi) is 4.08. The zero-order valence-corrected chi connectivity index (χ0v) is 12.8. The topological polar surface area (TPSA) is 37.4 Å². The lowest BCUT2D eigenvalue weighted by molar-refractivity contribution is 0.403. The molecule has 2 aromatic rings. The largest absolute Gasteiger partial charge is 0.243 e. The van der Waals surface area contributed by atoms with Gasteiger partial charge in [-0.3, -0.25) is 0 Å². The Bertz CT molecular complexity index is 631. The zero-order chi connectivity index (χ0) is 14.0. The van der Waals surface area contributed by atoms with E-state index in [9.17, 15) is 8.42 Å². The third-order valence-electron chi connectivity index (χ3n) is 3.20. The minimum Gasteiger partial charge on any atom is -0.207 e. The number of hydrogen-bond donors (Lipinski definition) is 0. The van der Waals surface area contributed by atoms with Crippen molar-refractivity contribution in [3.8, 4) is 0 Å². The van der Waals surface area contributed by atoms with Gasteiger partial charge in [0.05, 0.1) is 10.9 Å². The lowest BCUT2D eigenvalue weighted by Gasteiger charge is -2.23. The SMILES string of the molecule is Cc1ccc(S(=O)(=O)N(C)C(C)c2cccs2)cc1. The van der Waals surface area contributed by atoms with Gasteiger partial charge in [-0.15, -0.1) is 11.3 Å². The smallest absolute Gasteiger partial charge is 0.207 e. The number of benzene rings is 1. The molecule has 0 bridgehead atoms. The van der Waals surface area contributed by atoms with Crippen LogP contribution in [0.1, 0.15) is 23.4 Å². The minimum atomic E-state index is -3.44. The second-order valence-electron chi connectivity index (χ2n) is 4.53. The summed E-state index contributed by atoms with van der Waals surface area (Å²) in [6.07, 6.45) is 0. The highest BCUT2D eigenvalue weighted by Crippen LogP contribution is 2.28. The van der Waals surface area contributed by atoms with Crippen molar-refractivity contribution in [2.45, 2.75) is 24.8 Å². The number of hydrogen-bond acceptors (Lipinski definition) is 3. The molecule has 0 radical (unpaired) electrons. The summed E-state index contributed by atoms with van der Waals surface area (Å²) in [6, 6.07) is 10.7. The van der Waals surface area contributed by atoms with E-state index in [0.717, 1.165) is 10.4 Å². The Morgan fingerprint density at radius 3 is 2.32 bits per heavy atom. The molecule has 2 rings (SSSR count). The normalized spacial score (nSPS) is 13.7. The predicted octanol–water partition coefficient (Wildman–Crippen LogP) is 3.44. The molecular formula is C14H17NO2S2. The van der Waals surface area contributed by atoms with Gasteiger partial charge in [-0.2, -0.15) is 4.31 Å². The molecule has 0 N–H and O–H groups in total. The van der Waals surface area contributed by atoms with Crippen LogP contribution in [0.3, 0.4) is 0 Å². The highest BCUT2D eigenvalue weighted by Gasteiger charge is 2.26. The van der Waals surface area contributed by atoms with Crippen molar-refractivity contribution < 1.29 is 8.42 Å². The van der Waals surface area contributed by atoms with E-state index in [1.165, 1.54) is 4.31 Å². The molecule has 102 valence electrons. The summed E-state index contributed by atoms with van der Waals surface area (Å²) in [4.78, 5) is 1.38. The molecule has 0 saturated carbocycles. The molecule has 0 aliphatic heterocycles. The first-order valence-electron chi connectivity index (χ1n) is 6.01. The second-order valence-corrected chi connectivity index (χ2v) is 7.50. The summed E-state index contributed by atoms with van der Waals surface area (Å²) in [5, 5.41) is 1.96. The molecule has 19 heavy (non-hydrogen) atoms. The number of sulfonamides is 1. The molecule has 0 fully saturated rings. The van der Waals surface area contributed by atoms with Gasteiger partial charge >= 0.3 is 0 Å². The summed E-state index contributed by atoms with van der Waals surface area (Å²) in [6.45, 7) is 3.84. The fraction of sp³-hybridized carbons (Fsp3) is 0.286. The van der Waals surface area contributed by atoms with Gasteiger partial charge in [-0.25, -0.2) is 8.42 Å². The van der Waals surface area contributed by atoms with E-state index in [2.05, 4.69) is 0 Å². The van der Waals surface area contributed by atoms with Crippen LogP contribution in [0.2, 0.25) is 0 Å².